The molecule has 0 unspecified atom stereocenters. The first kappa shape index (κ1) is 19.1. The van der Waals surface area contributed by atoms with Crippen molar-refractivity contribution in [1.82, 2.24) is 24.8 Å². The Morgan fingerprint density at radius 2 is 1.93 bits per heavy atom. The molecule has 3 aromatic heterocycles. The van der Waals surface area contributed by atoms with Crippen LogP contribution in [0.25, 0.3) is 5.65 Å². The van der Waals surface area contributed by atoms with Gasteiger partial charge in [-0.1, -0.05) is 33.8 Å². The average molecular weight is 368 g/mol. The Morgan fingerprint density at radius 1 is 1.11 bits per heavy atom. The van der Waals surface area contributed by atoms with E-state index in [4.69, 9.17) is 5.10 Å². The molecule has 27 heavy (non-hydrogen) atoms. The van der Waals surface area contributed by atoms with E-state index in [-0.39, 0.29) is 5.92 Å². The molecule has 0 radical (unpaired) electrons. The second-order valence-corrected chi connectivity index (χ2v) is 7.05. The number of aromatic nitrogens is 5. The maximum atomic E-state index is 4.75. The van der Waals surface area contributed by atoms with Crippen LogP contribution in [0, 0.1) is 0 Å². The number of nitrogens with zero attached hydrogens (tertiary/aromatic N) is 5. The van der Waals surface area contributed by atoms with Crippen LogP contribution in [0.4, 0.5) is 11.5 Å². The van der Waals surface area contributed by atoms with Crippen molar-refractivity contribution in [2.24, 2.45) is 0 Å². The largest absolute Gasteiger partial charge is 0.381 e. The van der Waals surface area contributed by atoms with E-state index < -0.39 is 0 Å². The minimum atomic E-state index is 0.247. The summed E-state index contributed by atoms with van der Waals surface area (Å²) in [5, 5.41) is 20.5. The van der Waals surface area contributed by atoms with E-state index in [9.17, 15) is 0 Å². The monoisotopic (exact) mass is 367 g/mol. The van der Waals surface area contributed by atoms with Gasteiger partial charge in [0.1, 0.15) is 5.82 Å². The zero-order valence-electron chi connectivity index (χ0n) is 16.6. The number of anilines is 2. The highest BCUT2D eigenvalue weighted by Gasteiger charge is 2.16. The third-order valence-corrected chi connectivity index (χ3v) is 4.67. The van der Waals surface area contributed by atoms with Crippen molar-refractivity contribution in [2.45, 2.75) is 58.9 Å². The van der Waals surface area contributed by atoms with Gasteiger partial charge in [0.2, 0.25) is 5.65 Å². The van der Waals surface area contributed by atoms with E-state index in [2.05, 4.69) is 53.5 Å². The second kappa shape index (κ2) is 8.79. The van der Waals surface area contributed by atoms with Crippen LogP contribution in [0.2, 0.25) is 0 Å². The molecule has 0 aliphatic heterocycles. The van der Waals surface area contributed by atoms with Crippen LogP contribution in [-0.2, 0) is 6.42 Å². The topological polar surface area (TPSA) is 80.0 Å². The van der Waals surface area contributed by atoms with E-state index in [0.717, 1.165) is 54.5 Å². The molecule has 3 aromatic rings. The van der Waals surface area contributed by atoms with E-state index in [1.807, 2.05) is 35.0 Å². The van der Waals surface area contributed by atoms with E-state index in [1.54, 1.807) is 0 Å². The molecule has 0 fully saturated rings. The Hall–Kier alpha value is -2.70. The summed E-state index contributed by atoms with van der Waals surface area (Å²) in [6, 6.07) is 8.42. The summed E-state index contributed by atoms with van der Waals surface area (Å²) in [7, 11) is 0. The lowest BCUT2D eigenvalue weighted by Crippen LogP contribution is -2.19. The van der Waals surface area contributed by atoms with Crippen molar-refractivity contribution in [3.8, 4) is 0 Å². The predicted octanol–water partition coefficient (Wildman–Crippen LogP) is 3.90. The lowest BCUT2D eigenvalue weighted by Gasteiger charge is -2.17. The molecular weight excluding hydrogens is 338 g/mol. The normalized spacial score (nSPS) is 11.5. The van der Waals surface area contributed by atoms with Gasteiger partial charge in [0.25, 0.3) is 0 Å². The highest BCUT2D eigenvalue weighted by atomic mass is 15.4. The average Bonchev–Trinajstić information content (AvgIpc) is 3.11. The summed E-state index contributed by atoms with van der Waals surface area (Å²) < 4.78 is 1.86. The molecule has 144 valence electrons. The van der Waals surface area contributed by atoms with Gasteiger partial charge >= 0.3 is 0 Å². The number of hydrogen-bond donors (Lipinski definition) is 2. The van der Waals surface area contributed by atoms with Crippen LogP contribution in [-0.4, -0.2) is 37.4 Å². The highest BCUT2D eigenvalue weighted by molar-refractivity contribution is 5.70. The lowest BCUT2D eigenvalue weighted by atomic mass is 10.2. The quantitative estimate of drug-likeness (QED) is 0.597. The van der Waals surface area contributed by atoms with Gasteiger partial charge in [0.15, 0.2) is 5.82 Å². The zero-order valence-corrected chi connectivity index (χ0v) is 16.6. The fourth-order valence-electron chi connectivity index (χ4n) is 3.03. The van der Waals surface area contributed by atoms with Crippen molar-refractivity contribution < 1.29 is 0 Å². The smallest absolute Gasteiger partial charge is 0.201 e. The fraction of sp³-hybridized carbons (Fsp3) is 0.500. The zero-order chi connectivity index (χ0) is 19.2. The SMILES string of the molecule is CCC(CC)Nc1cc(NCCc2ccccn2)c2nnc(C(C)C)n2n1. The summed E-state index contributed by atoms with van der Waals surface area (Å²) in [4.78, 5) is 4.38. The van der Waals surface area contributed by atoms with Crippen molar-refractivity contribution in [2.75, 3.05) is 17.2 Å². The molecule has 3 heterocycles. The molecule has 0 saturated heterocycles. The summed E-state index contributed by atoms with van der Waals surface area (Å²) in [6.45, 7) is 9.35. The first-order valence-electron chi connectivity index (χ1n) is 9.79. The van der Waals surface area contributed by atoms with Gasteiger partial charge in [-0.3, -0.25) is 4.98 Å². The van der Waals surface area contributed by atoms with Gasteiger partial charge in [-0.2, -0.15) is 4.52 Å². The van der Waals surface area contributed by atoms with Crippen LogP contribution in [0.5, 0.6) is 0 Å². The number of rotatable bonds is 9. The molecule has 7 nitrogen and oxygen atoms in total. The molecule has 3 rings (SSSR count). The van der Waals surface area contributed by atoms with Crippen molar-refractivity contribution in [1.29, 1.82) is 0 Å². The first-order valence-corrected chi connectivity index (χ1v) is 9.79. The van der Waals surface area contributed by atoms with Crippen molar-refractivity contribution in [3.05, 3.63) is 42.0 Å². The van der Waals surface area contributed by atoms with E-state index in [0.29, 0.717) is 6.04 Å². The molecule has 0 aromatic carbocycles. The van der Waals surface area contributed by atoms with Gasteiger partial charge in [-0.15, -0.1) is 15.3 Å². The minimum absolute atomic E-state index is 0.247. The van der Waals surface area contributed by atoms with Crippen LogP contribution in [0.15, 0.2) is 30.5 Å². The van der Waals surface area contributed by atoms with Gasteiger partial charge in [-0.25, -0.2) is 0 Å². The third-order valence-electron chi connectivity index (χ3n) is 4.67. The summed E-state index contributed by atoms with van der Waals surface area (Å²) in [5.41, 5.74) is 2.76. The Morgan fingerprint density at radius 3 is 2.59 bits per heavy atom. The number of pyridine rings is 1. The van der Waals surface area contributed by atoms with Crippen molar-refractivity contribution in [3.63, 3.8) is 0 Å². The molecule has 0 spiro atoms. The van der Waals surface area contributed by atoms with Gasteiger partial charge in [0, 0.05) is 42.9 Å². The maximum absolute atomic E-state index is 4.75. The van der Waals surface area contributed by atoms with Crippen LogP contribution < -0.4 is 10.6 Å². The molecule has 0 amide bonds. The Balaban J connectivity index is 1.87. The molecule has 0 saturated carbocycles. The summed E-state index contributed by atoms with van der Waals surface area (Å²) >= 11 is 0. The second-order valence-electron chi connectivity index (χ2n) is 7.05. The predicted molar refractivity (Wildman–Crippen MR) is 109 cm³/mol. The van der Waals surface area contributed by atoms with Gasteiger partial charge < -0.3 is 10.6 Å². The van der Waals surface area contributed by atoms with E-state index in [1.165, 1.54) is 0 Å². The highest BCUT2D eigenvalue weighted by Crippen LogP contribution is 2.23. The molecule has 7 heteroatoms. The number of nitrogens with one attached hydrogen (secondary N) is 2. The Labute approximate surface area is 160 Å². The van der Waals surface area contributed by atoms with Gasteiger partial charge in [0.05, 0.1) is 5.69 Å². The minimum Gasteiger partial charge on any atom is -0.381 e. The molecule has 0 aliphatic carbocycles. The third kappa shape index (κ3) is 4.53. The van der Waals surface area contributed by atoms with Crippen LogP contribution in [0.1, 0.15) is 58.0 Å². The Kier molecular flexibility index (Phi) is 6.21. The fourth-order valence-corrected chi connectivity index (χ4v) is 3.03. The molecular formula is C20H29N7. The maximum Gasteiger partial charge on any atom is 0.201 e. The molecule has 0 bridgehead atoms. The standard InChI is InChI=1S/C20H29N7/c1-5-15(6-2)23-18-13-17(22-12-10-16-9-7-8-11-21-16)20-25-24-19(14(3)4)27(20)26-18/h7-9,11,13-15,22H,5-6,10,12H2,1-4H3,(H,23,26). The molecule has 2 N–H and O–H groups in total. The summed E-state index contributed by atoms with van der Waals surface area (Å²) in [6.07, 6.45) is 4.77. The first-order chi connectivity index (χ1) is 13.1. The van der Waals surface area contributed by atoms with E-state index >= 15 is 0 Å². The number of hydrogen-bond acceptors (Lipinski definition) is 6. The van der Waals surface area contributed by atoms with Crippen LogP contribution in [0.3, 0.4) is 0 Å². The Bertz CT molecular complexity index is 853. The van der Waals surface area contributed by atoms with Gasteiger partial charge in [-0.05, 0) is 25.0 Å². The molecule has 0 aliphatic rings. The van der Waals surface area contributed by atoms with Crippen molar-refractivity contribution >= 4 is 17.2 Å². The lowest BCUT2D eigenvalue weighted by molar-refractivity contribution is 0.661. The van der Waals surface area contributed by atoms with Crippen LogP contribution >= 0.6 is 0 Å². The number of fused-ring (bicyclic) bond motifs is 1. The summed E-state index contributed by atoms with van der Waals surface area (Å²) in [5.74, 6) is 1.96. The molecule has 0 atom stereocenters.